The predicted molar refractivity (Wildman–Crippen MR) is 128 cm³/mol. The summed E-state index contributed by atoms with van der Waals surface area (Å²) >= 11 is 0. The smallest absolute Gasteiger partial charge is 0.0599 e. The van der Waals surface area contributed by atoms with Gasteiger partial charge in [-0.1, -0.05) is 61.3 Å². The third-order valence-electron chi connectivity index (χ3n) is 12.1. The third kappa shape index (κ3) is 3.52. The fraction of sp³-hybridized carbons (Fsp3) is 1.00. The van der Waals surface area contributed by atoms with Gasteiger partial charge in [0.15, 0.2) is 0 Å². The van der Waals surface area contributed by atoms with Crippen molar-refractivity contribution in [2.45, 2.75) is 119 Å². The van der Waals surface area contributed by atoms with Crippen molar-refractivity contribution in [3.8, 4) is 0 Å². The van der Waals surface area contributed by atoms with E-state index in [2.05, 4.69) is 48.5 Å². The minimum atomic E-state index is -0.0514. The van der Waals surface area contributed by atoms with Crippen LogP contribution < -0.4 is 0 Å². The van der Waals surface area contributed by atoms with Crippen LogP contribution in [-0.2, 0) is 0 Å². The second kappa shape index (κ2) is 8.39. The average molecular weight is 417 g/mol. The summed E-state index contributed by atoms with van der Waals surface area (Å²) in [4.78, 5) is 0. The van der Waals surface area contributed by atoms with Crippen LogP contribution in [0.2, 0.25) is 0 Å². The zero-order valence-electron chi connectivity index (χ0n) is 21.3. The van der Waals surface area contributed by atoms with Crippen molar-refractivity contribution in [2.24, 2.45) is 64.1 Å². The third-order valence-corrected chi connectivity index (χ3v) is 12.1. The van der Waals surface area contributed by atoms with Gasteiger partial charge in [0.05, 0.1) is 6.10 Å². The van der Waals surface area contributed by atoms with Gasteiger partial charge in [0, 0.05) is 0 Å². The summed E-state index contributed by atoms with van der Waals surface area (Å²) in [6, 6.07) is 0. The Morgan fingerprint density at radius 1 is 0.800 bits per heavy atom. The van der Waals surface area contributed by atoms with E-state index < -0.39 is 0 Å². The highest BCUT2D eigenvalue weighted by molar-refractivity contribution is 5.11. The molecule has 11 atom stereocenters. The summed E-state index contributed by atoms with van der Waals surface area (Å²) in [5.41, 5.74) is 0.758. The van der Waals surface area contributed by atoms with E-state index in [1.807, 2.05) is 0 Å². The molecule has 4 aliphatic carbocycles. The average Bonchev–Trinajstić information content (AvgIpc) is 3.06. The molecule has 4 fully saturated rings. The van der Waals surface area contributed by atoms with E-state index in [9.17, 15) is 5.11 Å². The maximum absolute atomic E-state index is 11.2. The first-order valence-electron chi connectivity index (χ1n) is 13.8. The molecule has 0 aromatic heterocycles. The van der Waals surface area contributed by atoms with Crippen LogP contribution >= 0.6 is 0 Å². The summed E-state index contributed by atoms with van der Waals surface area (Å²) in [6.07, 6.45) is 13.7. The molecule has 1 nitrogen and oxygen atoms in total. The quantitative estimate of drug-likeness (QED) is 0.482. The lowest BCUT2D eigenvalue weighted by molar-refractivity contribution is -0.177. The zero-order valence-corrected chi connectivity index (χ0v) is 21.3. The highest BCUT2D eigenvalue weighted by Gasteiger charge is 2.62. The van der Waals surface area contributed by atoms with Crippen molar-refractivity contribution in [3.63, 3.8) is 0 Å². The fourth-order valence-corrected chi connectivity index (χ4v) is 9.78. The largest absolute Gasteiger partial charge is 0.393 e. The van der Waals surface area contributed by atoms with E-state index in [4.69, 9.17) is 0 Å². The van der Waals surface area contributed by atoms with Gasteiger partial charge in [0.25, 0.3) is 0 Å². The molecular formula is C29H52O. The molecule has 0 bridgehead atoms. The van der Waals surface area contributed by atoms with E-state index in [1.165, 1.54) is 57.8 Å². The van der Waals surface area contributed by atoms with Gasteiger partial charge in [-0.3, -0.25) is 0 Å². The van der Waals surface area contributed by atoms with E-state index in [1.54, 1.807) is 0 Å². The number of aliphatic hydroxyl groups is 1. The van der Waals surface area contributed by atoms with E-state index >= 15 is 0 Å². The minimum Gasteiger partial charge on any atom is -0.393 e. The van der Waals surface area contributed by atoms with Crippen LogP contribution in [0.25, 0.3) is 0 Å². The standard InChI is InChI=1S/C29H52O/c1-18(2)19(3)8-9-20(4)23-13-14-25-22-11-12-24-21(5)10-15-27(30)29(24,7)26(22)16-17-28(23,25)6/h18-27,30H,8-17H2,1-7H3/t19-,20-,21-,22+,23-,24+,25+,26+,27?,28-,29+/m1/s1. The maximum atomic E-state index is 11.2. The number of aliphatic hydroxyl groups excluding tert-OH is 1. The Morgan fingerprint density at radius 3 is 2.20 bits per heavy atom. The molecule has 0 spiro atoms. The molecule has 0 heterocycles. The Kier molecular flexibility index (Phi) is 6.47. The molecule has 1 unspecified atom stereocenters. The molecule has 0 aliphatic heterocycles. The molecule has 4 saturated carbocycles. The van der Waals surface area contributed by atoms with Crippen LogP contribution in [0.1, 0.15) is 113 Å². The summed E-state index contributed by atoms with van der Waals surface area (Å²) in [5, 5.41) is 11.2. The van der Waals surface area contributed by atoms with E-state index in [0.717, 1.165) is 59.7 Å². The molecule has 0 aromatic carbocycles. The summed E-state index contributed by atoms with van der Waals surface area (Å²) in [6.45, 7) is 17.5. The molecule has 4 aliphatic rings. The Hall–Kier alpha value is -0.0400. The van der Waals surface area contributed by atoms with Gasteiger partial charge in [-0.2, -0.15) is 0 Å². The topological polar surface area (TPSA) is 20.2 Å². The van der Waals surface area contributed by atoms with Crippen LogP contribution in [0, 0.1) is 64.1 Å². The first kappa shape index (κ1) is 23.1. The first-order chi connectivity index (χ1) is 14.1. The van der Waals surface area contributed by atoms with Crippen LogP contribution in [0.4, 0.5) is 0 Å². The molecule has 4 rings (SSSR count). The van der Waals surface area contributed by atoms with Gasteiger partial charge in [-0.25, -0.2) is 0 Å². The molecule has 0 aromatic rings. The van der Waals surface area contributed by atoms with Crippen molar-refractivity contribution < 1.29 is 5.11 Å². The van der Waals surface area contributed by atoms with Gasteiger partial charge in [-0.05, 0) is 115 Å². The van der Waals surface area contributed by atoms with Crippen LogP contribution in [0.5, 0.6) is 0 Å². The Labute approximate surface area is 188 Å². The fourth-order valence-electron chi connectivity index (χ4n) is 9.78. The van der Waals surface area contributed by atoms with E-state index in [0.29, 0.717) is 5.41 Å². The number of hydrogen-bond acceptors (Lipinski definition) is 1. The highest BCUT2D eigenvalue weighted by atomic mass is 16.3. The van der Waals surface area contributed by atoms with E-state index in [-0.39, 0.29) is 11.5 Å². The Bertz CT molecular complexity index is 597. The molecule has 174 valence electrons. The molecule has 1 heteroatoms. The van der Waals surface area contributed by atoms with Crippen molar-refractivity contribution in [3.05, 3.63) is 0 Å². The number of hydrogen-bond donors (Lipinski definition) is 1. The first-order valence-corrected chi connectivity index (χ1v) is 13.8. The van der Waals surface area contributed by atoms with Gasteiger partial charge in [-0.15, -0.1) is 0 Å². The summed E-state index contributed by atoms with van der Waals surface area (Å²) in [7, 11) is 0. The lowest BCUT2D eigenvalue weighted by atomic mass is 9.42. The maximum Gasteiger partial charge on any atom is 0.0599 e. The molecule has 0 radical (unpaired) electrons. The predicted octanol–water partition coefficient (Wildman–Crippen LogP) is 7.96. The number of rotatable bonds is 5. The summed E-state index contributed by atoms with van der Waals surface area (Å²) in [5.74, 6) is 7.66. The second-order valence-electron chi connectivity index (χ2n) is 13.5. The molecule has 0 amide bonds. The molecule has 0 saturated heterocycles. The molecule has 1 N–H and O–H groups in total. The van der Waals surface area contributed by atoms with Crippen molar-refractivity contribution >= 4 is 0 Å². The Morgan fingerprint density at radius 2 is 1.50 bits per heavy atom. The second-order valence-corrected chi connectivity index (χ2v) is 13.5. The molecular weight excluding hydrogens is 364 g/mol. The van der Waals surface area contributed by atoms with Crippen LogP contribution in [0.3, 0.4) is 0 Å². The van der Waals surface area contributed by atoms with Crippen molar-refractivity contribution in [1.82, 2.24) is 0 Å². The van der Waals surface area contributed by atoms with Gasteiger partial charge in [0.1, 0.15) is 0 Å². The summed E-state index contributed by atoms with van der Waals surface area (Å²) < 4.78 is 0. The van der Waals surface area contributed by atoms with Gasteiger partial charge < -0.3 is 5.11 Å². The molecule has 30 heavy (non-hydrogen) atoms. The van der Waals surface area contributed by atoms with Crippen molar-refractivity contribution in [2.75, 3.05) is 0 Å². The highest BCUT2D eigenvalue weighted by Crippen LogP contribution is 2.68. The normalized spacial score (nSPS) is 50.5. The Balaban J connectivity index is 1.50. The lowest BCUT2D eigenvalue weighted by Crippen LogP contribution is -2.59. The zero-order chi connectivity index (χ0) is 21.8. The van der Waals surface area contributed by atoms with Gasteiger partial charge in [0.2, 0.25) is 0 Å². The van der Waals surface area contributed by atoms with Gasteiger partial charge >= 0.3 is 0 Å². The monoisotopic (exact) mass is 416 g/mol. The lowest BCUT2D eigenvalue weighted by Gasteiger charge is -2.63. The number of fused-ring (bicyclic) bond motifs is 5. The van der Waals surface area contributed by atoms with Crippen LogP contribution in [0.15, 0.2) is 0 Å². The SMILES string of the molecule is CC(C)[C@H](C)CC[C@@H](C)[C@H]1CC[C@H]2[C@@H]3CC[C@H]4[C@H](C)CCC(O)[C@]4(C)[C@H]3CC[C@]12C. The van der Waals surface area contributed by atoms with Crippen LogP contribution in [-0.4, -0.2) is 11.2 Å². The minimum absolute atomic E-state index is 0.0514. The van der Waals surface area contributed by atoms with Crippen molar-refractivity contribution in [1.29, 1.82) is 0 Å².